The summed E-state index contributed by atoms with van der Waals surface area (Å²) in [5.41, 5.74) is 0.596. The summed E-state index contributed by atoms with van der Waals surface area (Å²) in [6.45, 7) is 2.01. The monoisotopic (exact) mass is 304 g/mol. The fraction of sp³-hybridized carbons (Fsp3) is 0.400. The smallest absolute Gasteiger partial charge is 0.244 e. The van der Waals surface area contributed by atoms with E-state index in [0.29, 0.717) is 11.4 Å². The van der Waals surface area contributed by atoms with Crippen molar-refractivity contribution in [1.29, 1.82) is 0 Å². The summed E-state index contributed by atoms with van der Waals surface area (Å²) in [6, 6.07) is 5.91. The summed E-state index contributed by atoms with van der Waals surface area (Å²) in [7, 11) is 0. The molecule has 0 unspecified atom stereocenters. The van der Waals surface area contributed by atoms with Crippen LogP contribution in [-0.4, -0.2) is 38.9 Å². The minimum atomic E-state index is -0.350. The molecule has 0 saturated carbocycles. The number of ether oxygens (including phenoxy) is 1. The molecule has 1 amide bonds. The molecule has 0 atom stereocenters. The zero-order valence-electron chi connectivity index (χ0n) is 12.1. The maximum atomic E-state index is 13.0. The van der Waals surface area contributed by atoms with Crippen LogP contribution in [0.2, 0.25) is 0 Å². The fourth-order valence-corrected chi connectivity index (χ4v) is 2.40. The molecule has 1 saturated heterocycles. The SMILES string of the molecule is O=C(Cn1cc(COc2cccc(F)c2)nn1)N1CCCC1. The number of benzene rings is 1. The number of hydrogen-bond donors (Lipinski definition) is 0. The lowest BCUT2D eigenvalue weighted by Gasteiger charge is -2.14. The zero-order chi connectivity index (χ0) is 15.4. The number of likely N-dealkylation sites (tertiary alicyclic amines) is 1. The number of carbonyl (C=O) groups is 1. The van der Waals surface area contributed by atoms with E-state index < -0.39 is 0 Å². The summed E-state index contributed by atoms with van der Waals surface area (Å²) in [4.78, 5) is 13.8. The van der Waals surface area contributed by atoms with Crippen LogP contribution in [-0.2, 0) is 17.9 Å². The fourth-order valence-electron chi connectivity index (χ4n) is 2.40. The summed E-state index contributed by atoms with van der Waals surface area (Å²) in [5, 5.41) is 7.88. The van der Waals surface area contributed by atoms with Crippen LogP contribution in [0.3, 0.4) is 0 Å². The number of aromatic nitrogens is 3. The summed E-state index contributed by atoms with van der Waals surface area (Å²) >= 11 is 0. The third-order valence-corrected chi connectivity index (χ3v) is 3.52. The summed E-state index contributed by atoms with van der Waals surface area (Å²) in [6.07, 6.45) is 3.80. The molecule has 1 fully saturated rings. The van der Waals surface area contributed by atoms with E-state index in [2.05, 4.69) is 10.3 Å². The molecule has 1 aliphatic heterocycles. The average molecular weight is 304 g/mol. The number of rotatable bonds is 5. The van der Waals surface area contributed by atoms with Gasteiger partial charge in [0.1, 0.15) is 30.4 Å². The van der Waals surface area contributed by atoms with Crippen molar-refractivity contribution in [3.63, 3.8) is 0 Å². The Morgan fingerprint density at radius 2 is 2.14 bits per heavy atom. The second-order valence-electron chi connectivity index (χ2n) is 5.24. The lowest BCUT2D eigenvalue weighted by molar-refractivity contribution is -0.130. The molecule has 1 aromatic carbocycles. The Morgan fingerprint density at radius 3 is 2.91 bits per heavy atom. The molecule has 22 heavy (non-hydrogen) atoms. The summed E-state index contributed by atoms with van der Waals surface area (Å²) in [5.74, 6) is 0.139. The Morgan fingerprint density at radius 1 is 1.32 bits per heavy atom. The summed E-state index contributed by atoms with van der Waals surface area (Å²) < 4.78 is 20.0. The number of nitrogens with zero attached hydrogens (tertiary/aromatic N) is 4. The highest BCUT2D eigenvalue weighted by Crippen LogP contribution is 2.13. The first kappa shape index (κ1) is 14.5. The molecule has 3 rings (SSSR count). The van der Waals surface area contributed by atoms with E-state index in [0.717, 1.165) is 25.9 Å². The molecule has 0 N–H and O–H groups in total. The van der Waals surface area contributed by atoms with Crippen LogP contribution in [0.1, 0.15) is 18.5 Å². The molecule has 2 aromatic rings. The van der Waals surface area contributed by atoms with Gasteiger partial charge in [0, 0.05) is 19.2 Å². The third-order valence-electron chi connectivity index (χ3n) is 3.52. The van der Waals surface area contributed by atoms with Crippen molar-refractivity contribution in [3.05, 3.63) is 42.0 Å². The maximum absolute atomic E-state index is 13.0. The van der Waals surface area contributed by atoms with E-state index in [1.54, 1.807) is 18.3 Å². The van der Waals surface area contributed by atoms with E-state index >= 15 is 0 Å². The van der Waals surface area contributed by atoms with Crippen LogP contribution >= 0.6 is 0 Å². The van der Waals surface area contributed by atoms with Crippen LogP contribution < -0.4 is 4.74 Å². The number of halogens is 1. The van der Waals surface area contributed by atoms with Crippen molar-refractivity contribution < 1.29 is 13.9 Å². The Bertz CT molecular complexity index is 652. The van der Waals surface area contributed by atoms with Crippen LogP contribution in [0, 0.1) is 5.82 Å². The lowest BCUT2D eigenvalue weighted by Crippen LogP contribution is -2.31. The molecule has 1 aliphatic rings. The Hall–Kier alpha value is -2.44. The first-order chi connectivity index (χ1) is 10.7. The van der Waals surface area contributed by atoms with Crippen LogP contribution in [0.15, 0.2) is 30.5 Å². The predicted molar refractivity (Wildman–Crippen MR) is 76.6 cm³/mol. The number of hydrogen-bond acceptors (Lipinski definition) is 4. The minimum absolute atomic E-state index is 0.0556. The van der Waals surface area contributed by atoms with Gasteiger partial charge in [-0.15, -0.1) is 5.10 Å². The highest BCUT2D eigenvalue weighted by Gasteiger charge is 2.18. The molecular formula is C15H17FN4O2. The topological polar surface area (TPSA) is 60.3 Å². The van der Waals surface area contributed by atoms with E-state index in [9.17, 15) is 9.18 Å². The van der Waals surface area contributed by atoms with Crippen LogP contribution in [0.4, 0.5) is 4.39 Å². The van der Waals surface area contributed by atoms with E-state index in [1.165, 1.54) is 16.8 Å². The van der Waals surface area contributed by atoms with Crippen molar-refractivity contribution in [2.24, 2.45) is 0 Å². The Kier molecular flexibility index (Phi) is 4.32. The van der Waals surface area contributed by atoms with Gasteiger partial charge in [0.05, 0.1) is 6.20 Å². The Balaban J connectivity index is 1.53. The van der Waals surface area contributed by atoms with E-state index in [4.69, 9.17) is 4.74 Å². The molecule has 7 heteroatoms. The highest BCUT2D eigenvalue weighted by atomic mass is 19.1. The molecule has 0 bridgehead atoms. The highest BCUT2D eigenvalue weighted by molar-refractivity contribution is 5.76. The van der Waals surface area contributed by atoms with Crippen LogP contribution in [0.25, 0.3) is 0 Å². The quantitative estimate of drug-likeness (QED) is 0.842. The van der Waals surface area contributed by atoms with Crippen molar-refractivity contribution in [2.75, 3.05) is 13.1 Å². The van der Waals surface area contributed by atoms with Gasteiger partial charge in [-0.3, -0.25) is 4.79 Å². The second kappa shape index (κ2) is 6.55. The molecule has 2 heterocycles. The molecular weight excluding hydrogens is 287 g/mol. The largest absolute Gasteiger partial charge is 0.487 e. The molecule has 1 aromatic heterocycles. The lowest BCUT2D eigenvalue weighted by atomic mass is 10.3. The van der Waals surface area contributed by atoms with Gasteiger partial charge in [0.2, 0.25) is 5.91 Å². The average Bonchev–Trinajstić information content (AvgIpc) is 3.17. The van der Waals surface area contributed by atoms with Crippen molar-refractivity contribution in [3.8, 4) is 5.75 Å². The molecule has 0 radical (unpaired) electrons. The molecule has 0 aliphatic carbocycles. The molecule has 116 valence electrons. The van der Waals surface area contributed by atoms with Crippen LogP contribution in [0.5, 0.6) is 5.75 Å². The number of carbonyl (C=O) groups excluding carboxylic acids is 1. The second-order valence-corrected chi connectivity index (χ2v) is 5.24. The maximum Gasteiger partial charge on any atom is 0.244 e. The van der Waals surface area contributed by atoms with Gasteiger partial charge in [0.15, 0.2) is 0 Å². The zero-order valence-corrected chi connectivity index (χ0v) is 12.1. The molecule has 6 nitrogen and oxygen atoms in total. The van der Waals surface area contributed by atoms with Gasteiger partial charge in [0.25, 0.3) is 0 Å². The standard InChI is InChI=1S/C15H17FN4O2/c16-12-4-3-5-14(8-12)22-11-13-9-20(18-17-13)10-15(21)19-6-1-2-7-19/h3-5,8-9H,1-2,6-7,10-11H2. The van der Waals surface area contributed by atoms with Gasteiger partial charge >= 0.3 is 0 Å². The van der Waals surface area contributed by atoms with Gasteiger partial charge in [-0.25, -0.2) is 9.07 Å². The van der Waals surface area contributed by atoms with Gasteiger partial charge < -0.3 is 9.64 Å². The third kappa shape index (κ3) is 3.60. The van der Waals surface area contributed by atoms with Crippen molar-refractivity contribution >= 4 is 5.91 Å². The minimum Gasteiger partial charge on any atom is -0.487 e. The van der Waals surface area contributed by atoms with E-state index in [1.807, 2.05) is 4.90 Å². The van der Waals surface area contributed by atoms with Gasteiger partial charge in [-0.2, -0.15) is 0 Å². The van der Waals surface area contributed by atoms with Gasteiger partial charge in [-0.05, 0) is 25.0 Å². The normalized spacial score (nSPS) is 14.3. The first-order valence-corrected chi connectivity index (χ1v) is 7.26. The van der Waals surface area contributed by atoms with Crippen molar-refractivity contribution in [1.82, 2.24) is 19.9 Å². The Labute approximate surface area is 127 Å². The predicted octanol–water partition coefficient (Wildman–Crippen LogP) is 1.62. The number of amides is 1. The van der Waals surface area contributed by atoms with Gasteiger partial charge in [-0.1, -0.05) is 11.3 Å². The molecule has 0 spiro atoms. The first-order valence-electron chi connectivity index (χ1n) is 7.26. The van der Waals surface area contributed by atoms with Crippen molar-refractivity contribution in [2.45, 2.75) is 26.0 Å². The van der Waals surface area contributed by atoms with E-state index in [-0.39, 0.29) is 24.9 Å².